The summed E-state index contributed by atoms with van der Waals surface area (Å²) >= 11 is 0. The number of rotatable bonds is 7. The summed E-state index contributed by atoms with van der Waals surface area (Å²) in [5.41, 5.74) is 0.0570. The number of amides is 2. The van der Waals surface area contributed by atoms with Gasteiger partial charge in [-0.3, -0.25) is 19.5 Å². The van der Waals surface area contributed by atoms with Gasteiger partial charge in [0.15, 0.2) is 11.6 Å². The van der Waals surface area contributed by atoms with Gasteiger partial charge in [-0.1, -0.05) is 0 Å². The molecule has 1 aromatic rings. The fourth-order valence-corrected chi connectivity index (χ4v) is 4.52. The van der Waals surface area contributed by atoms with Crippen LogP contribution in [0.3, 0.4) is 0 Å². The summed E-state index contributed by atoms with van der Waals surface area (Å²) in [6.07, 6.45) is -1.25. The molecule has 0 bridgehead atoms. The van der Waals surface area contributed by atoms with Crippen molar-refractivity contribution in [2.75, 3.05) is 88.3 Å². The second-order valence-corrected chi connectivity index (χ2v) is 8.73. The number of ether oxygens (including phenoxy) is 1. The van der Waals surface area contributed by atoms with Gasteiger partial charge in [-0.05, 0) is 0 Å². The Kier molecular flexibility index (Phi) is 7.61. The van der Waals surface area contributed by atoms with E-state index in [1.54, 1.807) is 4.90 Å². The van der Waals surface area contributed by atoms with Crippen molar-refractivity contribution in [3.8, 4) is 0 Å². The van der Waals surface area contributed by atoms with Crippen LogP contribution in [0.15, 0.2) is 12.1 Å². The van der Waals surface area contributed by atoms with Crippen molar-refractivity contribution < 1.29 is 23.1 Å². The Hall–Kier alpha value is -2.50. The molecule has 11 heteroatoms. The molecule has 0 radical (unpaired) electrons. The van der Waals surface area contributed by atoms with Crippen molar-refractivity contribution in [2.45, 2.75) is 13.0 Å². The highest BCUT2D eigenvalue weighted by molar-refractivity contribution is 5.90. The average Bonchev–Trinajstić information content (AvgIpc) is 3.18. The molecule has 0 unspecified atom stereocenters. The lowest BCUT2D eigenvalue weighted by Crippen LogP contribution is -2.51. The zero-order chi connectivity index (χ0) is 23.4. The minimum absolute atomic E-state index is 0.0529. The SMILES string of the molecule is CC(=O)NC[C@H]1CN(c2cc(F)c(N3CCN(CCN4CCNCC4)CC3)c(F)c2)C(=O)O1. The molecule has 0 aliphatic carbocycles. The lowest BCUT2D eigenvalue weighted by molar-refractivity contribution is -0.119. The monoisotopic (exact) mass is 466 g/mol. The lowest BCUT2D eigenvalue weighted by Gasteiger charge is -2.37. The Morgan fingerprint density at radius 3 is 2.27 bits per heavy atom. The third-order valence-electron chi connectivity index (χ3n) is 6.40. The smallest absolute Gasteiger partial charge is 0.414 e. The van der Waals surface area contributed by atoms with Gasteiger partial charge in [-0.15, -0.1) is 0 Å². The van der Waals surface area contributed by atoms with Crippen LogP contribution in [0, 0.1) is 11.6 Å². The first kappa shape index (κ1) is 23.7. The highest BCUT2D eigenvalue weighted by Gasteiger charge is 2.34. The van der Waals surface area contributed by atoms with E-state index in [0.29, 0.717) is 13.1 Å². The number of carbonyl (C=O) groups is 2. The molecule has 3 saturated heterocycles. The van der Waals surface area contributed by atoms with Gasteiger partial charge in [0.1, 0.15) is 11.8 Å². The minimum Gasteiger partial charge on any atom is -0.442 e. The van der Waals surface area contributed by atoms with Gasteiger partial charge in [0.05, 0.1) is 18.8 Å². The van der Waals surface area contributed by atoms with E-state index < -0.39 is 23.8 Å². The molecule has 3 aliphatic heterocycles. The van der Waals surface area contributed by atoms with Crippen molar-refractivity contribution in [3.05, 3.63) is 23.8 Å². The number of carbonyl (C=O) groups excluding carboxylic acids is 2. The van der Waals surface area contributed by atoms with E-state index in [2.05, 4.69) is 20.4 Å². The van der Waals surface area contributed by atoms with Crippen LogP contribution in [-0.2, 0) is 9.53 Å². The largest absolute Gasteiger partial charge is 0.442 e. The maximum Gasteiger partial charge on any atom is 0.414 e. The third-order valence-corrected chi connectivity index (χ3v) is 6.40. The Bertz CT molecular complexity index is 836. The number of benzene rings is 1. The second kappa shape index (κ2) is 10.6. The quantitative estimate of drug-likeness (QED) is 0.604. The van der Waals surface area contributed by atoms with E-state index >= 15 is 0 Å². The number of halogens is 2. The highest BCUT2D eigenvalue weighted by Crippen LogP contribution is 2.31. The van der Waals surface area contributed by atoms with Gasteiger partial charge in [0, 0.05) is 84.5 Å². The average molecular weight is 467 g/mol. The summed E-state index contributed by atoms with van der Waals surface area (Å²) < 4.78 is 35.1. The fourth-order valence-electron chi connectivity index (χ4n) is 4.52. The number of nitrogens with zero attached hydrogens (tertiary/aromatic N) is 4. The number of cyclic esters (lactones) is 1. The van der Waals surface area contributed by atoms with Gasteiger partial charge >= 0.3 is 6.09 Å². The Morgan fingerprint density at radius 1 is 1.06 bits per heavy atom. The summed E-state index contributed by atoms with van der Waals surface area (Å²) in [5, 5.41) is 5.93. The molecule has 3 heterocycles. The fraction of sp³-hybridized carbons (Fsp3) is 0.636. The van der Waals surface area contributed by atoms with Crippen LogP contribution in [0.1, 0.15) is 6.92 Å². The minimum atomic E-state index is -0.697. The highest BCUT2D eigenvalue weighted by atomic mass is 19.1. The standard InChI is InChI=1S/C22H32F2N6O3/c1-16(31)26-14-18-15-30(22(32)33-18)17-12-19(23)21(20(24)13-17)29-10-8-28(9-11-29)7-6-27-4-2-25-3-5-27/h12-13,18,25H,2-11,14-15H2,1H3,(H,26,31)/t18-/m0/s1. The molecule has 1 atom stereocenters. The molecule has 0 aromatic heterocycles. The first-order valence-corrected chi connectivity index (χ1v) is 11.5. The molecule has 2 N–H and O–H groups in total. The van der Waals surface area contributed by atoms with Crippen LogP contribution in [0.5, 0.6) is 0 Å². The van der Waals surface area contributed by atoms with E-state index in [-0.39, 0.29) is 30.4 Å². The van der Waals surface area contributed by atoms with Gasteiger partial charge in [0.25, 0.3) is 0 Å². The van der Waals surface area contributed by atoms with Crippen LogP contribution < -0.4 is 20.4 Å². The maximum absolute atomic E-state index is 15.0. The van der Waals surface area contributed by atoms with Crippen LogP contribution in [0.4, 0.5) is 25.0 Å². The number of hydrogen-bond acceptors (Lipinski definition) is 7. The van der Waals surface area contributed by atoms with Crippen molar-refractivity contribution in [1.29, 1.82) is 0 Å². The third kappa shape index (κ3) is 5.90. The molecule has 3 fully saturated rings. The van der Waals surface area contributed by atoms with Gasteiger partial charge in [-0.25, -0.2) is 13.6 Å². The normalized spacial score (nSPS) is 22.5. The Labute approximate surface area is 192 Å². The number of piperazine rings is 2. The summed E-state index contributed by atoms with van der Waals surface area (Å²) in [5.74, 6) is -1.63. The molecular weight excluding hydrogens is 434 g/mol. The zero-order valence-corrected chi connectivity index (χ0v) is 19.0. The van der Waals surface area contributed by atoms with Crippen LogP contribution in [-0.4, -0.2) is 106 Å². The Balaban J connectivity index is 1.33. The van der Waals surface area contributed by atoms with Crippen LogP contribution in [0.2, 0.25) is 0 Å². The number of hydrogen-bond donors (Lipinski definition) is 2. The molecule has 33 heavy (non-hydrogen) atoms. The summed E-state index contributed by atoms with van der Waals surface area (Å²) in [7, 11) is 0. The first-order valence-electron chi connectivity index (χ1n) is 11.5. The van der Waals surface area contributed by atoms with Crippen molar-refractivity contribution in [1.82, 2.24) is 20.4 Å². The van der Waals surface area contributed by atoms with Crippen LogP contribution >= 0.6 is 0 Å². The molecule has 2 amide bonds. The predicted molar refractivity (Wildman–Crippen MR) is 121 cm³/mol. The molecule has 0 saturated carbocycles. The predicted octanol–water partition coefficient (Wildman–Crippen LogP) is 0.453. The summed E-state index contributed by atoms with van der Waals surface area (Å²) in [6.45, 7) is 10.3. The topological polar surface area (TPSA) is 80.4 Å². The van der Waals surface area contributed by atoms with E-state index in [1.165, 1.54) is 24.0 Å². The van der Waals surface area contributed by atoms with E-state index in [9.17, 15) is 18.4 Å². The lowest BCUT2D eigenvalue weighted by atomic mass is 10.2. The van der Waals surface area contributed by atoms with Gasteiger partial charge < -0.3 is 20.3 Å². The summed E-state index contributed by atoms with van der Waals surface area (Å²) in [6, 6.07) is 2.36. The van der Waals surface area contributed by atoms with Gasteiger partial charge in [-0.2, -0.15) is 0 Å². The molecule has 1 aromatic carbocycles. The maximum atomic E-state index is 15.0. The van der Waals surface area contributed by atoms with E-state index in [0.717, 1.165) is 52.4 Å². The molecule has 4 rings (SSSR count). The van der Waals surface area contributed by atoms with E-state index in [4.69, 9.17) is 4.74 Å². The van der Waals surface area contributed by atoms with Gasteiger partial charge in [0.2, 0.25) is 5.91 Å². The number of anilines is 2. The zero-order valence-electron chi connectivity index (χ0n) is 19.0. The first-order chi connectivity index (χ1) is 15.9. The summed E-state index contributed by atoms with van der Waals surface area (Å²) in [4.78, 5) is 30.9. The molecule has 0 spiro atoms. The Morgan fingerprint density at radius 2 is 1.67 bits per heavy atom. The second-order valence-electron chi connectivity index (χ2n) is 8.73. The van der Waals surface area contributed by atoms with Crippen molar-refractivity contribution in [2.24, 2.45) is 0 Å². The van der Waals surface area contributed by atoms with Crippen molar-refractivity contribution in [3.63, 3.8) is 0 Å². The molecule has 182 valence electrons. The number of nitrogens with one attached hydrogen (secondary N) is 2. The molecule has 9 nitrogen and oxygen atoms in total. The van der Waals surface area contributed by atoms with Crippen molar-refractivity contribution >= 4 is 23.4 Å². The molecule has 3 aliphatic rings. The van der Waals surface area contributed by atoms with E-state index in [1.807, 2.05) is 0 Å². The van der Waals surface area contributed by atoms with Crippen LogP contribution in [0.25, 0.3) is 0 Å². The molecular formula is C22H32F2N6O3.